The van der Waals surface area contributed by atoms with Crippen LogP contribution in [0.3, 0.4) is 0 Å². The predicted octanol–water partition coefficient (Wildman–Crippen LogP) is 5.17. The Morgan fingerprint density at radius 3 is 2.16 bits per heavy atom. The number of hydrogen-bond acceptors (Lipinski definition) is 4. The van der Waals surface area contributed by atoms with Crippen molar-refractivity contribution in [2.45, 2.75) is 37.0 Å². The van der Waals surface area contributed by atoms with E-state index < -0.39 is 10.0 Å². The minimum Gasteiger partial charge on any atom is -0.497 e. The van der Waals surface area contributed by atoms with Crippen molar-refractivity contribution in [3.8, 4) is 5.75 Å². The highest BCUT2D eigenvalue weighted by Gasteiger charge is 2.17. The SMILES string of the molecule is COc1ccc(S(N)(=O)=O)c(CCCC(C)c2c3ccccc3nc3ccccc23)c1. The molecular weight excluding hydrogens is 408 g/mol. The first-order valence-electron chi connectivity index (χ1n) is 10.4. The maximum atomic E-state index is 12.0. The summed E-state index contributed by atoms with van der Waals surface area (Å²) in [6, 6.07) is 21.4. The molecule has 0 amide bonds. The number of methoxy groups -OCH3 is 1. The van der Waals surface area contributed by atoms with E-state index in [-0.39, 0.29) is 10.8 Å². The number of rotatable bonds is 7. The third-order valence-corrected chi connectivity index (χ3v) is 6.79. The highest BCUT2D eigenvalue weighted by atomic mass is 32.2. The normalized spacial score (nSPS) is 12.9. The summed E-state index contributed by atoms with van der Waals surface area (Å²) in [5.74, 6) is 0.905. The molecule has 3 aromatic carbocycles. The Morgan fingerprint density at radius 1 is 0.968 bits per heavy atom. The monoisotopic (exact) mass is 434 g/mol. The van der Waals surface area contributed by atoms with E-state index in [0.717, 1.165) is 23.9 Å². The van der Waals surface area contributed by atoms with Crippen LogP contribution >= 0.6 is 0 Å². The molecule has 1 unspecified atom stereocenters. The van der Waals surface area contributed by atoms with E-state index >= 15 is 0 Å². The smallest absolute Gasteiger partial charge is 0.238 e. The molecule has 1 heterocycles. The van der Waals surface area contributed by atoms with Gasteiger partial charge in [-0.1, -0.05) is 43.3 Å². The first-order valence-corrected chi connectivity index (χ1v) is 11.9. The van der Waals surface area contributed by atoms with Crippen LogP contribution in [0.2, 0.25) is 0 Å². The van der Waals surface area contributed by atoms with Gasteiger partial charge < -0.3 is 4.74 Å². The van der Waals surface area contributed by atoms with Crippen LogP contribution in [0.5, 0.6) is 5.75 Å². The standard InChI is InChI=1S/C25H26N2O3S/c1-17(8-7-9-18-16-19(30-2)14-15-24(18)31(26,28)29)25-20-10-3-5-12-22(20)27-23-13-6-4-11-21(23)25/h3-6,10-17H,7-9H2,1-2H3,(H2,26,28,29). The van der Waals surface area contributed by atoms with Crippen LogP contribution in [-0.4, -0.2) is 20.5 Å². The molecule has 0 bridgehead atoms. The van der Waals surface area contributed by atoms with E-state index in [4.69, 9.17) is 14.9 Å². The Bertz CT molecular complexity index is 1300. The molecule has 0 fully saturated rings. The molecule has 0 saturated carbocycles. The quantitative estimate of drug-likeness (QED) is 0.407. The average molecular weight is 435 g/mol. The maximum absolute atomic E-state index is 12.0. The molecule has 4 aromatic rings. The average Bonchev–Trinajstić information content (AvgIpc) is 2.76. The van der Waals surface area contributed by atoms with Gasteiger partial charge in [0, 0.05) is 10.8 Å². The third kappa shape index (κ3) is 4.40. The zero-order chi connectivity index (χ0) is 22.0. The van der Waals surface area contributed by atoms with E-state index in [1.807, 2.05) is 36.4 Å². The molecular formula is C25H26N2O3S. The molecule has 0 aliphatic heterocycles. The van der Waals surface area contributed by atoms with Crippen molar-refractivity contribution >= 4 is 31.8 Å². The number of para-hydroxylation sites is 2. The van der Waals surface area contributed by atoms with Crippen molar-refractivity contribution in [3.63, 3.8) is 0 Å². The number of primary sulfonamides is 1. The van der Waals surface area contributed by atoms with Crippen LogP contribution in [0, 0.1) is 0 Å². The summed E-state index contributed by atoms with van der Waals surface area (Å²) in [5, 5.41) is 7.75. The number of aryl methyl sites for hydroxylation is 1. The van der Waals surface area contributed by atoms with E-state index in [0.29, 0.717) is 17.7 Å². The molecule has 0 radical (unpaired) electrons. The molecule has 2 N–H and O–H groups in total. The van der Waals surface area contributed by atoms with Crippen molar-refractivity contribution in [3.05, 3.63) is 77.9 Å². The van der Waals surface area contributed by atoms with Crippen molar-refractivity contribution in [2.24, 2.45) is 5.14 Å². The predicted molar refractivity (Wildman–Crippen MR) is 125 cm³/mol. The molecule has 4 rings (SSSR count). The first kappa shape index (κ1) is 21.3. The lowest BCUT2D eigenvalue weighted by Gasteiger charge is -2.18. The number of pyridine rings is 1. The fraction of sp³-hybridized carbons (Fsp3) is 0.240. The number of hydrogen-bond donors (Lipinski definition) is 1. The lowest BCUT2D eigenvalue weighted by molar-refractivity contribution is 0.413. The van der Waals surface area contributed by atoms with Gasteiger partial charge in [-0.25, -0.2) is 18.5 Å². The van der Waals surface area contributed by atoms with Gasteiger partial charge in [0.1, 0.15) is 5.75 Å². The van der Waals surface area contributed by atoms with Gasteiger partial charge in [0.25, 0.3) is 0 Å². The van der Waals surface area contributed by atoms with Crippen molar-refractivity contribution < 1.29 is 13.2 Å². The number of ether oxygens (including phenoxy) is 1. The topological polar surface area (TPSA) is 82.3 Å². The Morgan fingerprint density at radius 2 is 1.58 bits per heavy atom. The lowest BCUT2D eigenvalue weighted by atomic mass is 9.88. The number of fused-ring (bicyclic) bond motifs is 2. The largest absolute Gasteiger partial charge is 0.497 e. The van der Waals surface area contributed by atoms with Crippen LogP contribution in [-0.2, 0) is 16.4 Å². The van der Waals surface area contributed by atoms with Gasteiger partial charge in [0.05, 0.1) is 23.0 Å². The molecule has 0 saturated heterocycles. The summed E-state index contributed by atoms with van der Waals surface area (Å²) in [5.41, 5.74) is 3.97. The first-order chi connectivity index (χ1) is 14.9. The van der Waals surface area contributed by atoms with E-state index in [2.05, 4.69) is 19.1 Å². The Balaban J connectivity index is 1.63. The fourth-order valence-corrected chi connectivity index (χ4v) is 5.09. The van der Waals surface area contributed by atoms with Crippen LogP contribution in [0.15, 0.2) is 71.6 Å². The zero-order valence-electron chi connectivity index (χ0n) is 17.7. The summed E-state index contributed by atoms with van der Waals surface area (Å²) >= 11 is 0. The van der Waals surface area contributed by atoms with Gasteiger partial charge in [-0.15, -0.1) is 0 Å². The molecule has 160 valence electrons. The second kappa shape index (κ2) is 8.65. The second-order valence-electron chi connectivity index (χ2n) is 7.87. The summed E-state index contributed by atoms with van der Waals surface area (Å²) in [6.07, 6.45) is 2.33. The molecule has 0 aliphatic carbocycles. The van der Waals surface area contributed by atoms with Crippen molar-refractivity contribution in [1.29, 1.82) is 0 Å². The summed E-state index contributed by atoms with van der Waals surface area (Å²) in [6.45, 7) is 2.22. The van der Waals surface area contributed by atoms with Gasteiger partial charge in [-0.2, -0.15) is 0 Å². The number of sulfonamides is 1. The molecule has 5 nitrogen and oxygen atoms in total. The highest BCUT2D eigenvalue weighted by Crippen LogP contribution is 2.34. The van der Waals surface area contributed by atoms with Gasteiger partial charge in [-0.05, 0) is 66.6 Å². The molecule has 6 heteroatoms. The van der Waals surface area contributed by atoms with E-state index in [1.165, 1.54) is 22.4 Å². The minimum absolute atomic E-state index is 0.167. The second-order valence-corrected chi connectivity index (χ2v) is 9.40. The minimum atomic E-state index is -3.78. The number of benzene rings is 3. The van der Waals surface area contributed by atoms with Crippen LogP contribution < -0.4 is 9.88 Å². The van der Waals surface area contributed by atoms with E-state index in [9.17, 15) is 8.42 Å². The maximum Gasteiger partial charge on any atom is 0.238 e. The Kier molecular flexibility index (Phi) is 5.94. The summed E-state index contributed by atoms with van der Waals surface area (Å²) in [7, 11) is -2.22. The van der Waals surface area contributed by atoms with Crippen LogP contribution in [0.4, 0.5) is 0 Å². The summed E-state index contributed by atoms with van der Waals surface area (Å²) < 4.78 is 29.3. The Hall–Kier alpha value is -2.96. The zero-order valence-corrected chi connectivity index (χ0v) is 18.5. The van der Waals surface area contributed by atoms with Crippen LogP contribution in [0.25, 0.3) is 21.8 Å². The van der Waals surface area contributed by atoms with Gasteiger partial charge >= 0.3 is 0 Å². The fourth-order valence-electron chi connectivity index (χ4n) is 4.30. The number of nitrogens with two attached hydrogens (primary N) is 1. The van der Waals surface area contributed by atoms with Crippen LogP contribution in [0.1, 0.15) is 36.8 Å². The lowest BCUT2D eigenvalue weighted by Crippen LogP contribution is -2.14. The van der Waals surface area contributed by atoms with Gasteiger partial charge in [0.2, 0.25) is 10.0 Å². The molecule has 1 atom stereocenters. The highest BCUT2D eigenvalue weighted by molar-refractivity contribution is 7.89. The molecule has 1 aromatic heterocycles. The summed E-state index contributed by atoms with van der Waals surface area (Å²) in [4.78, 5) is 4.98. The number of nitrogens with zero attached hydrogens (tertiary/aromatic N) is 1. The molecule has 0 spiro atoms. The third-order valence-electron chi connectivity index (χ3n) is 5.78. The van der Waals surface area contributed by atoms with Gasteiger partial charge in [0.15, 0.2) is 0 Å². The number of aromatic nitrogens is 1. The molecule has 0 aliphatic rings. The Labute approximate surface area is 182 Å². The van der Waals surface area contributed by atoms with Crippen molar-refractivity contribution in [2.75, 3.05) is 7.11 Å². The van der Waals surface area contributed by atoms with Gasteiger partial charge in [-0.3, -0.25) is 0 Å². The van der Waals surface area contributed by atoms with Crippen molar-refractivity contribution in [1.82, 2.24) is 4.98 Å². The van der Waals surface area contributed by atoms with E-state index in [1.54, 1.807) is 19.2 Å². The molecule has 31 heavy (non-hydrogen) atoms.